The Balaban J connectivity index is 1.44. The van der Waals surface area contributed by atoms with Gasteiger partial charge >= 0.3 is 5.97 Å². The normalized spacial score (nSPS) is 16.7. The van der Waals surface area contributed by atoms with Crippen molar-refractivity contribution in [1.82, 2.24) is 10.2 Å². The molecule has 2 amide bonds. The molecule has 164 valence electrons. The Morgan fingerprint density at radius 3 is 2.45 bits per heavy atom. The fourth-order valence-electron chi connectivity index (χ4n) is 3.59. The van der Waals surface area contributed by atoms with E-state index < -0.39 is 11.9 Å². The number of hydrogen-bond acceptors (Lipinski definition) is 5. The van der Waals surface area contributed by atoms with Crippen LogP contribution in [-0.2, 0) is 25.7 Å². The summed E-state index contributed by atoms with van der Waals surface area (Å²) in [6.45, 7) is 2.24. The average molecular weight is 424 g/mol. The molecule has 1 fully saturated rings. The predicted molar refractivity (Wildman–Crippen MR) is 118 cm³/mol. The van der Waals surface area contributed by atoms with Gasteiger partial charge in [-0.25, -0.2) is 0 Å². The van der Waals surface area contributed by atoms with Crippen molar-refractivity contribution in [3.8, 4) is 0 Å². The number of benzene rings is 2. The lowest BCUT2D eigenvalue weighted by Gasteiger charge is -2.25. The summed E-state index contributed by atoms with van der Waals surface area (Å²) in [5.74, 6) is -1.51. The maximum absolute atomic E-state index is 12.4. The molecule has 31 heavy (non-hydrogen) atoms. The SMILES string of the molecule is C[C@H](c1ccccc1)N1C[C@H](C(=O)OCC(=O)NCc2ccc(N(C)C)cc2)CC1=O. The summed E-state index contributed by atoms with van der Waals surface area (Å²) in [4.78, 5) is 40.5. The van der Waals surface area contributed by atoms with Gasteiger partial charge in [0.2, 0.25) is 5.91 Å². The molecule has 0 aromatic heterocycles. The summed E-state index contributed by atoms with van der Waals surface area (Å²) in [5, 5.41) is 2.74. The lowest BCUT2D eigenvalue weighted by Crippen LogP contribution is -2.32. The van der Waals surface area contributed by atoms with Crippen LogP contribution in [-0.4, -0.2) is 49.9 Å². The van der Waals surface area contributed by atoms with Crippen LogP contribution in [0.5, 0.6) is 0 Å². The predicted octanol–water partition coefficient (Wildman–Crippen LogP) is 2.52. The number of carbonyl (C=O) groups is 3. The Morgan fingerprint density at radius 1 is 1.13 bits per heavy atom. The highest BCUT2D eigenvalue weighted by molar-refractivity contribution is 5.88. The van der Waals surface area contributed by atoms with E-state index >= 15 is 0 Å². The summed E-state index contributed by atoms with van der Waals surface area (Å²) in [5.41, 5.74) is 3.05. The summed E-state index contributed by atoms with van der Waals surface area (Å²) >= 11 is 0. The van der Waals surface area contributed by atoms with Crippen molar-refractivity contribution >= 4 is 23.5 Å². The third-order valence-electron chi connectivity index (χ3n) is 5.53. The molecule has 0 bridgehead atoms. The van der Waals surface area contributed by atoms with E-state index in [-0.39, 0.29) is 30.9 Å². The molecule has 2 atom stereocenters. The number of hydrogen-bond donors (Lipinski definition) is 1. The van der Waals surface area contributed by atoms with Crippen molar-refractivity contribution in [2.45, 2.75) is 25.9 Å². The third-order valence-corrected chi connectivity index (χ3v) is 5.53. The van der Waals surface area contributed by atoms with E-state index in [4.69, 9.17) is 4.74 Å². The van der Waals surface area contributed by atoms with Gasteiger partial charge in [-0.2, -0.15) is 0 Å². The Hall–Kier alpha value is -3.35. The summed E-state index contributed by atoms with van der Waals surface area (Å²) in [6, 6.07) is 17.4. The van der Waals surface area contributed by atoms with Crippen LogP contribution >= 0.6 is 0 Å². The van der Waals surface area contributed by atoms with Gasteiger partial charge in [-0.3, -0.25) is 14.4 Å². The molecule has 1 aliphatic heterocycles. The summed E-state index contributed by atoms with van der Waals surface area (Å²) < 4.78 is 5.17. The summed E-state index contributed by atoms with van der Waals surface area (Å²) in [6.07, 6.45) is 0.107. The zero-order valence-electron chi connectivity index (χ0n) is 18.2. The smallest absolute Gasteiger partial charge is 0.311 e. The third kappa shape index (κ3) is 5.84. The maximum Gasteiger partial charge on any atom is 0.311 e. The van der Waals surface area contributed by atoms with Crippen LogP contribution in [0.2, 0.25) is 0 Å². The van der Waals surface area contributed by atoms with Crippen LogP contribution in [0, 0.1) is 5.92 Å². The number of carbonyl (C=O) groups excluding carboxylic acids is 3. The molecule has 7 nitrogen and oxygen atoms in total. The minimum absolute atomic E-state index is 0.0797. The van der Waals surface area contributed by atoms with Crippen molar-refractivity contribution in [3.63, 3.8) is 0 Å². The fourth-order valence-corrected chi connectivity index (χ4v) is 3.59. The molecule has 1 aliphatic rings. The van der Waals surface area contributed by atoms with Gasteiger partial charge in [0, 0.05) is 39.3 Å². The lowest BCUT2D eigenvalue weighted by atomic mass is 10.1. The highest BCUT2D eigenvalue weighted by Gasteiger charge is 2.38. The number of nitrogens with zero attached hydrogens (tertiary/aromatic N) is 2. The number of nitrogens with one attached hydrogen (secondary N) is 1. The van der Waals surface area contributed by atoms with E-state index in [1.807, 2.05) is 80.5 Å². The van der Waals surface area contributed by atoms with E-state index in [1.54, 1.807) is 4.90 Å². The van der Waals surface area contributed by atoms with Crippen LogP contribution in [0.25, 0.3) is 0 Å². The number of ether oxygens (including phenoxy) is 1. The van der Waals surface area contributed by atoms with Crippen LogP contribution in [0.4, 0.5) is 5.69 Å². The first-order chi connectivity index (χ1) is 14.8. The molecule has 1 heterocycles. The van der Waals surface area contributed by atoms with E-state index in [9.17, 15) is 14.4 Å². The molecule has 7 heteroatoms. The Labute approximate surface area is 183 Å². The Bertz CT molecular complexity index is 912. The highest BCUT2D eigenvalue weighted by Crippen LogP contribution is 2.28. The zero-order valence-corrected chi connectivity index (χ0v) is 18.2. The molecule has 0 unspecified atom stereocenters. The molecule has 1 saturated heterocycles. The van der Waals surface area contributed by atoms with Gasteiger partial charge in [0.15, 0.2) is 6.61 Å². The van der Waals surface area contributed by atoms with Gasteiger partial charge in [-0.1, -0.05) is 42.5 Å². The first-order valence-electron chi connectivity index (χ1n) is 10.4. The number of rotatable bonds is 8. The number of amides is 2. The molecule has 0 aliphatic carbocycles. The molecule has 0 radical (unpaired) electrons. The second-order valence-corrected chi connectivity index (χ2v) is 7.98. The summed E-state index contributed by atoms with van der Waals surface area (Å²) in [7, 11) is 3.93. The monoisotopic (exact) mass is 423 g/mol. The fraction of sp³-hybridized carbons (Fsp3) is 0.375. The maximum atomic E-state index is 12.4. The molecule has 1 N–H and O–H groups in total. The quantitative estimate of drug-likeness (QED) is 0.660. The number of anilines is 1. The standard InChI is InChI=1S/C24H29N3O4/c1-17(19-7-5-4-6-8-19)27-15-20(13-23(27)29)24(30)31-16-22(28)25-14-18-9-11-21(12-10-18)26(2)3/h4-12,17,20H,13-16H2,1-3H3,(H,25,28)/t17-,20-/m1/s1. The van der Waals surface area contributed by atoms with E-state index in [0.29, 0.717) is 13.1 Å². The first-order valence-corrected chi connectivity index (χ1v) is 10.4. The molecule has 0 saturated carbocycles. The second-order valence-electron chi connectivity index (χ2n) is 7.98. The van der Waals surface area contributed by atoms with Crippen molar-refractivity contribution in [2.75, 3.05) is 32.1 Å². The Kier molecular flexibility index (Phi) is 7.28. The van der Waals surface area contributed by atoms with Gasteiger partial charge in [0.25, 0.3) is 5.91 Å². The molecular formula is C24H29N3O4. The minimum atomic E-state index is -0.551. The average Bonchev–Trinajstić information content (AvgIpc) is 3.18. The van der Waals surface area contributed by atoms with Gasteiger partial charge in [0.05, 0.1) is 12.0 Å². The minimum Gasteiger partial charge on any atom is -0.455 e. The molecule has 0 spiro atoms. The Morgan fingerprint density at radius 2 is 1.81 bits per heavy atom. The second kappa shape index (κ2) is 10.1. The number of likely N-dealkylation sites (tertiary alicyclic amines) is 1. The van der Waals surface area contributed by atoms with Crippen molar-refractivity contribution in [3.05, 3.63) is 65.7 Å². The highest BCUT2D eigenvalue weighted by atomic mass is 16.5. The molecule has 3 rings (SSSR count). The van der Waals surface area contributed by atoms with Gasteiger partial charge < -0.3 is 19.9 Å². The first kappa shape index (κ1) is 22.3. The van der Waals surface area contributed by atoms with Crippen LogP contribution in [0.15, 0.2) is 54.6 Å². The van der Waals surface area contributed by atoms with Crippen molar-refractivity contribution < 1.29 is 19.1 Å². The number of esters is 1. The van der Waals surface area contributed by atoms with E-state index in [0.717, 1.165) is 16.8 Å². The largest absolute Gasteiger partial charge is 0.455 e. The molecule has 2 aromatic rings. The van der Waals surface area contributed by atoms with Gasteiger partial charge in [-0.05, 0) is 30.2 Å². The molecule has 2 aromatic carbocycles. The van der Waals surface area contributed by atoms with Crippen LogP contribution < -0.4 is 10.2 Å². The van der Waals surface area contributed by atoms with Gasteiger partial charge in [0.1, 0.15) is 0 Å². The van der Waals surface area contributed by atoms with Crippen LogP contribution in [0.1, 0.15) is 30.5 Å². The van der Waals surface area contributed by atoms with E-state index in [2.05, 4.69) is 5.32 Å². The van der Waals surface area contributed by atoms with Crippen molar-refractivity contribution in [1.29, 1.82) is 0 Å². The van der Waals surface area contributed by atoms with Gasteiger partial charge in [-0.15, -0.1) is 0 Å². The topological polar surface area (TPSA) is 79.0 Å². The van der Waals surface area contributed by atoms with Crippen molar-refractivity contribution in [2.24, 2.45) is 5.92 Å². The van der Waals surface area contributed by atoms with Crippen LogP contribution in [0.3, 0.4) is 0 Å². The molecular weight excluding hydrogens is 394 g/mol. The lowest BCUT2D eigenvalue weighted by molar-refractivity contribution is -0.152. The van der Waals surface area contributed by atoms with E-state index in [1.165, 1.54) is 0 Å². The zero-order chi connectivity index (χ0) is 22.4.